The lowest BCUT2D eigenvalue weighted by Crippen LogP contribution is -2.58. The van der Waals surface area contributed by atoms with Crippen LogP contribution < -0.4 is 5.32 Å². The lowest BCUT2D eigenvalue weighted by atomic mass is 9.91. The molecule has 1 amide bonds. The summed E-state index contributed by atoms with van der Waals surface area (Å²) in [5, 5.41) is 57.0. The molecular weight excluding hydrogens is 524 g/mol. The smallest absolute Gasteiger partial charge is 0.370 e. The van der Waals surface area contributed by atoms with Gasteiger partial charge in [0, 0.05) is 16.3 Å². The highest BCUT2D eigenvalue weighted by molar-refractivity contribution is 9.10. The third-order valence-electron chi connectivity index (χ3n) is 5.21. The Labute approximate surface area is 200 Å². The highest BCUT2D eigenvalue weighted by atomic mass is 79.9. The number of aliphatic hydroxyl groups excluding tert-OH is 3. The Hall–Kier alpha value is -2.69. The molecule has 0 unspecified atom stereocenters. The largest absolute Gasteiger partial charge is 0.478 e. The number of hydrogen-bond acceptors (Lipinski definition) is 8. The first kappa shape index (κ1) is 24.9. The number of carbonyl (C=O) groups excluding carboxylic acids is 1. The number of nitriles is 1. The van der Waals surface area contributed by atoms with Crippen molar-refractivity contribution < 1.29 is 34.8 Å². The van der Waals surface area contributed by atoms with E-state index in [0.717, 1.165) is 6.08 Å². The van der Waals surface area contributed by atoms with Gasteiger partial charge in [0.1, 0.15) is 30.1 Å². The number of aliphatic hydroxyl groups is 3. The van der Waals surface area contributed by atoms with E-state index in [-0.39, 0.29) is 12.1 Å². The van der Waals surface area contributed by atoms with Crippen LogP contribution in [0.1, 0.15) is 25.1 Å². The molecule has 0 aliphatic carbocycles. The van der Waals surface area contributed by atoms with E-state index in [4.69, 9.17) is 16.3 Å². The summed E-state index contributed by atoms with van der Waals surface area (Å²) in [6.07, 6.45) is -3.74. The molecule has 1 aliphatic heterocycles. The van der Waals surface area contributed by atoms with Crippen molar-refractivity contribution in [2.75, 3.05) is 6.61 Å². The molecule has 5 atom stereocenters. The number of benzene rings is 1. The van der Waals surface area contributed by atoms with Crippen molar-refractivity contribution >= 4 is 50.3 Å². The van der Waals surface area contributed by atoms with Crippen molar-refractivity contribution in [1.29, 1.82) is 5.26 Å². The first-order chi connectivity index (χ1) is 15.6. The van der Waals surface area contributed by atoms with Gasteiger partial charge in [-0.3, -0.25) is 4.79 Å². The van der Waals surface area contributed by atoms with Gasteiger partial charge in [-0.2, -0.15) is 10.4 Å². The van der Waals surface area contributed by atoms with Gasteiger partial charge in [0.05, 0.1) is 29.2 Å². The Bertz CT molecular complexity index is 1160. The van der Waals surface area contributed by atoms with Crippen LogP contribution in [0.3, 0.4) is 0 Å². The summed E-state index contributed by atoms with van der Waals surface area (Å²) in [6, 6.07) is 2.87. The number of fused-ring (bicyclic) bond motifs is 1. The van der Waals surface area contributed by atoms with E-state index in [1.165, 1.54) is 10.7 Å². The number of aromatic nitrogens is 2. The molecule has 0 radical (unpaired) electrons. The lowest BCUT2D eigenvalue weighted by Gasteiger charge is -2.40. The first-order valence-electron chi connectivity index (χ1n) is 9.78. The van der Waals surface area contributed by atoms with Gasteiger partial charge < -0.3 is 30.5 Å². The average Bonchev–Trinajstić information content (AvgIpc) is 3.14. The van der Waals surface area contributed by atoms with Crippen LogP contribution in [0.25, 0.3) is 10.9 Å². The Balaban J connectivity index is 2.24. The molecule has 0 fully saturated rings. The Morgan fingerprint density at radius 1 is 1.42 bits per heavy atom. The van der Waals surface area contributed by atoms with Crippen LogP contribution in [-0.4, -0.2) is 73.0 Å². The molecule has 0 bridgehead atoms. The molecule has 0 spiro atoms. The molecule has 176 valence electrons. The normalized spacial score (nSPS) is 22.1. The summed E-state index contributed by atoms with van der Waals surface area (Å²) >= 11 is 9.44. The SMILES string of the molecule is CCC(=O)N[C@H]1[C@H]([C@H](O)[C@H](O)CO)OC(C(=O)O)=C[C@@H]1n1nc2cc(Cl)c(Br)cc2c1C#N. The Morgan fingerprint density at radius 2 is 2.12 bits per heavy atom. The number of nitrogens with one attached hydrogen (secondary N) is 1. The van der Waals surface area contributed by atoms with E-state index in [1.807, 2.05) is 6.07 Å². The average molecular weight is 544 g/mol. The molecule has 0 saturated heterocycles. The van der Waals surface area contributed by atoms with Crippen LogP contribution in [0.15, 0.2) is 28.4 Å². The zero-order valence-electron chi connectivity index (χ0n) is 17.1. The highest BCUT2D eigenvalue weighted by Crippen LogP contribution is 2.35. The van der Waals surface area contributed by atoms with E-state index in [1.54, 1.807) is 13.0 Å². The summed E-state index contributed by atoms with van der Waals surface area (Å²) in [6.45, 7) is 0.747. The second-order valence-corrected chi connectivity index (χ2v) is 8.55. The summed E-state index contributed by atoms with van der Waals surface area (Å²) in [5.41, 5.74) is 0.381. The van der Waals surface area contributed by atoms with Gasteiger partial charge in [-0.15, -0.1) is 0 Å². The zero-order chi connectivity index (χ0) is 24.4. The van der Waals surface area contributed by atoms with Gasteiger partial charge in [0.2, 0.25) is 11.7 Å². The van der Waals surface area contributed by atoms with Gasteiger partial charge in [-0.25, -0.2) is 9.48 Å². The van der Waals surface area contributed by atoms with Gasteiger partial charge in [-0.1, -0.05) is 18.5 Å². The van der Waals surface area contributed by atoms with Gasteiger partial charge in [0.15, 0.2) is 0 Å². The molecule has 2 aromatic rings. The van der Waals surface area contributed by atoms with Crippen LogP contribution in [0.5, 0.6) is 0 Å². The number of carboxylic acid groups (broad SMARTS) is 1. The van der Waals surface area contributed by atoms with Crippen molar-refractivity contribution in [1.82, 2.24) is 15.1 Å². The molecule has 11 nitrogen and oxygen atoms in total. The number of rotatable bonds is 7. The monoisotopic (exact) mass is 542 g/mol. The molecule has 2 heterocycles. The fourth-order valence-corrected chi connectivity index (χ4v) is 4.05. The number of halogens is 2. The molecule has 0 saturated carbocycles. The summed E-state index contributed by atoms with van der Waals surface area (Å²) in [5.74, 6) is -2.52. The van der Waals surface area contributed by atoms with E-state index in [9.17, 15) is 35.3 Å². The van der Waals surface area contributed by atoms with Gasteiger partial charge in [0.25, 0.3) is 0 Å². The predicted molar refractivity (Wildman–Crippen MR) is 118 cm³/mol. The standard InChI is InChI=1S/C20H20BrClN4O7/c1-2-16(29)24-17-12(5-15(20(31)32)33-19(17)18(30)14(28)7-27)26-13(6-23)8-3-9(21)10(22)4-11(8)25-26/h3-5,12,14,17-19,27-28,30H,2,7H2,1H3,(H,24,29)(H,31,32)/t12-,14+,17+,18+,19+/m0/s1. The topological polar surface area (TPSA) is 178 Å². The van der Waals surface area contributed by atoms with Crippen molar-refractivity contribution in [3.8, 4) is 6.07 Å². The maximum absolute atomic E-state index is 12.3. The quantitative estimate of drug-likeness (QED) is 0.338. The summed E-state index contributed by atoms with van der Waals surface area (Å²) in [4.78, 5) is 24.0. The van der Waals surface area contributed by atoms with Crippen LogP contribution >= 0.6 is 27.5 Å². The Kier molecular flexibility index (Phi) is 7.61. The lowest BCUT2D eigenvalue weighted by molar-refractivity contribution is -0.147. The molecule has 13 heteroatoms. The molecule has 1 aromatic heterocycles. The van der Waals surface area contributed by atoms with Crippen LogP contribution in [-0.2, 0) is 14.3 Å². The number of nitrogens with zero attached hydrogens (tertiary/aromatic N) is 3. The van der Waals surface area contributed by atoms with Crippen LogP contribution in [0.2, 0.25) is 5.02 Å². The van der Waals surface area contributed by atoms with Gasteiger partial charge >= 0.3 is 5.97 Å². The van der Waals surface area contributed by atoms with Crippen LogP contribution in [0, 0.1) is 11.3 Å². The maximum Gasteiger partial charge on any atom is 0.370 e. The third-order valence-corrected chi connectivity index (χ3v) is 6.41. The zero-order valence-corrected chi connectivity index (χ0v) is 19.5. The number of aliphatic carboxylic acids is 1. The Morgan fingerprint density at radius 3 is 2.70 bits per heavy atom. The predicted octanol–water partition coefficient (Wildman–Crippen LogP) is 0.841. The van der Waals surface area contributed by atoms with E-state index >= 15 is 0 Å². The second-order valence-electron chi connectivity index (χ2n) is 7.28. The molecule has 1 aromatic carbocycles. The van der Waals surface area contributed by atoms with E-state index in [2.05, 4.69) is 26.3 Å². The van der Waals surface area contributed by atoms with Crippen molar-refractivity contribution in [3.05, 3.63) is 39.2 Å². The van der Waals surface area contributed by atoms with Crippen molar-refractivity contribution in [2.24, 2.45) is 0 Å². The number of carbonyl (C=O) groups is 2. The van der Waals surface area contributed by atoms with Crippen molar-refractivity contribution in [2.45, 2.75) is 43.7 Å². The second kappa shape index (κ2) is 10.1. The molecular formula is C20H20BrClN4O7. The minimum absolute atomic E-state index is 0.0435. The maximum atomic E-state index is 12.3. The minimum Gasteiger partial charge on any atom is -0.478 e. The molecule has 3 rings (SSSR count). The third kappa shape index (κ3) is 4.83. The number of carboxylic acids is 1. The number of amides is 1. The molecule has 5 N–H and O–H groups in total. The summed E-state index contributed by atoms with van der Waals surface area (Å²) < 4.78 is 7.12. The summed E-state index contributed by atoms with van der Waals surface area (Å²) in [7, 11) is 0. The van der Waals surface area contributed by atoms with E-state index < -0.39 is 54.6 Å². The molecule has 1 aliphatic rings. The van der Waals surface area contributed by atoms with Gasteiger partial charge in [-0.05, 0) is 34.1 Å². The van der Waals surface area contributed by atoms with E-state index in [0.29, 0.717) is 20.4 Å². The minimum atomic E-state index is -1.78. The van der Waals surface area contributed by atoms with Crippen LogP contribution in [0.4, 0.5) is 0 Å². The number of hydrogen-bond donors (Lipinski definition) is 5. The first-order valence-corrected chi connectivity index (χ1v) is 10.9. The number of ether oxygens (including phenoxy) is 1. The fraction of sp³-hybridized carbons (Fsp3) is 0.400. The van der Waals surface area contributed by atoms with Crippen molar-refractivity contribution in [3.63, 3.8) is 0 Å². The molecule has 33 heavy (non-hydrogen) atoms. The fourth-order valence-electron chi connectivity index (χ4n) is 3.55. The highest BCUT2D eigenvalue weighted by Gasteiger charge is 2.45.